The van der Waals surface area contributed by atoms with Gasteiger partial charge in [0.1, 0.15) is 5.69 Å². The Morgan fingerprint density at radius 2 is 1.97 bits per heavy atom. The largest absolute Gasteiger partial charge is 0.489 e. The van der Waals surface area contributed by atoms with Crippen molar-refractivity contribution in [1.29, 1.82) is 0 Å². The van der Waals surface area contributed by atoms with Crippen molar-refractivity contribution in [2.45, 2.75) is 10.9 Å². The van der Waals surface area contributed by atoms with Gasteiger partial charge in [0.05, 0.1) is 17.7 Å². The fourth-order valence-corrected chi connectivity index (χ4v) is 5.16. The van der Waals surface area contributed by atoms with E-state index in [2.05, 4.69) is 20.0 Å². The molecular formula is C22H19F3N6O4S. The number of amides is 2. The molecule has 0 aliphatic carbocycles. The van der Waals surface area contributed by atoms with E-state index in [4.69, 9.17) is 4.74 Å². The zero-order valence-electron chi connectivity index (χ0n) is 18.7. The molecule has 2 aromatic heterocycles. The first-order chi connectivity index (χ1) is 17.2. The van der Waals surface area contributed by atoms with E-state index in [1.807, 2.05) is 0 Å². The lowest BCUT2D eigenvalue weighted by atomic mass is 10.1. The molecule has 1 fully saturated rings. The van der Waals surface area contributed by atoms with Crippen LogP contribution in [0.5, 0.6) is 5.75 Å². The van der Waals surface area contributed by atoms with Crippen LogP contribution in [-0.2, 0) is 7.05 Å². The SMILES string of the molecule is Cn1cc2c(c1C(=O)Nc1cc(F)c(F)c(F)c1)OC[C@H]1CN(C(=O)c3c[nH]c(=O)cn3)C[C@H]1NS2. The lowest BCUT2D eigenvalue weighted by Gasteiger charge is -2.23. The van der Waals surface area contributed by atoms with E-state index in [1.165, 1.54) is 22.7 Å². The van der Waals surface area contributed by atoms with Crippen LogP contribution in [0.3, 0.4) is 0 Å². The Morgan fingerprint density at radius 3 is 2.67 bits per heavy atom. The van der Waals surface area contributed by atoms with Gasteiger partial charge in [-0.05, 0) is 11.9 Å². The highest BCUT2D eigenvalue weighted by Gasteiger charge is 2.39. The van der Waals surface area contributed by atoms with Gasteiger partial charge in [0.2, 0.25) is 0 Å². The molecule has 0 saturated carbocycles. The van der Waals surface area contributed by atoms with Crippen LogP contribution < -0.4 is 20.3 Å². The number of anilines is 1. The number of H-pyrrole nitrogens is 1. The molecule has 2 atom stereocenters. The normalized spacial score (nSPS) is 19.1. The monoisotopic (exact) mass is 520 g/mol. The highest BCUT2D eigenvalue weighted by atomic mass is 32.2. The van der Waals surface area contributed by atoms with E-state index in [1.54, 1.807) is 18.1 Å². The van der Waals surface area contributed by atoms with Gasteiger partial charge >= 0.3 is 0 Å². The number of ether oxygens (including phenoxy) is 1. The second-order valence-corrected chi connectivity index (χ2v) is 9.27. The first kappa shape index (κ1) is 23.9. The molecule has 0 bridgehead atoms. The minimum Gasteiger partial charge on any atom is -0.489 e. The Bertz CT molecular complexity index is 1380. The minimum atomic E-state index is -1.63. The lowest BCUT2D eigenvalue weighted by molar-refractivity contribution is 0.0776. The molecule has 3 aromatic rings. The fraction of sp³-hybridized carbons (Fsp3) is 0.273. The quantitative estimate of drug-likeness (QED) is 0.356. The topological polar surface area (TPSA) is 121 Å². The minimum absolute atomic E-state index is 0.103. The van der Waals surface area contributed by atoms with Crippen molar-refractivity contribution in [3.8, 4) is 5.75 Å². The number of halogens is 3. The fourth-order valence-electron chi connectivity index (χ4n) is 4.16. The van der Waals surface area contributed by atoms with Crippen molar-refractivity contribution in [2.75, 3.05) is 25.0 Å². The maximum atomic E-state index is 13.6. The summed E-state index contributed by atoms with van der Waals surface area (Å²) in [6.07, 6.45) is 3.97. The van der Waals surface area contributed by atoms with Crippen LogP contribution >= 0.6 is 11.9 Å². The number of nitrogens with zero attached hydrogens (tertiary/aromatic N) is 3. The number of carbonyl (C=O) groups is 2. The molecule has 1 saturated heterocycles. The number of hydrogen-bond donors (Lipinski definition) is 3. The van der Waals surface area contributed by atoms with Gasteiger partial charge in [0.25, 0.3) is 17.4 Å². The summed E-state index contributed by atoms with van der Waals surface area (Å²) in [6.45, 7) is 0.922. The molecule has 14 heteroatoms. The number of aromatic nitrogens is 3. The third kappa shape index (κ3) is 4.44. The van der Waals surface area contributed by atoms with Crippen molar-refractivity contribution in [3.63, 3.8) is 0 Å². The smallest absolute Gasteiger partial charge is 0.276 e. The maximum Gasteiger partial charge on any atom is 0.276 e. The predicted octanol–water partition coefficient (Wildman–Crippen LogP) is 1.91. The molecule has 10 nitrogen and oxygen atoms in total. The molecule has 0 radical (unpaired) electrons. The summed E-state index contributed by atoms with van der Waals surface area (Å²) in [4.78, 5) is 45.5. The van der Waals surface area contributed by atoms with Gasteiger partial charge in [0, 0.05) is 62.3 Å². The first-order valence-electron chi connectivity index (χ1n) is 10.8. The average molecular weight is 520 g/mol. The molecule has 0 unspecified atom stereocenters. The second-order valence-electron chi connectivity index (χ2n) is 8.39. The Morgan fingerprint density at radius 1 is 1.22 bits per heavy atom. The van der Waals surface area contributed by atoms with Gasteiger partial charge in [-0.1, -0.05) is 0 Å². The van der Waals surface area contributed by atoms with Crippen LogP contribution in [0.4, 0.5) is 18.9 Å². The number of aromatic amines is 1. The predicted molar refractivity (Wildman–Crippen MR) is 122 cm³/mol. The Labute approximate surface area is 206 Å². The van der Waals surface area contributed by atoms with Gasteiger partial charge in [-0.2, -0.15) is 0 Å². The van der Waals surface area contributed by atoms with Crippen LogP contribution in [0, 0.1) is 23.4 Å². The molecule has 2 amide bonds. The lowest BCUT2D eigenvalue weighted by Crippen LogP contribution is -2.36. The van der Waals surface area contributed by atoms with Gasteiger partial charge < -0.3 is 24.5 Å². The number of rotatable bonds is 3. The number of hydrogen-bond acceptors (Lipinski definition) is 7. The maximum absolute atomic E-state index is 13.6. The Balaban J connectivity index is 1.32. The molecular weight excluding hydrogens is 501 g/mol. The summed E-state index contributed by atoms with van der Waals surface area (Å²) in [6, 6.07) is 1.26. The third-order valence-electron chi connectivity index (χ3n) is 5.94. The van der Waals surface area contributed by atoms with Crippen molar-refractivity contribution in [1.82, 2.24) is 24.2 Å². The molecule has 3 N–H and O–H groups in total. The van der Waals surface area contributed by atoms with Gasteiger partial charge in [-0.3, -0.25) is 19.1 Å². The molecule has 188 valence electrons. The van der Waals surface area contributed by atoms with E-state index in [-0.39, 0.29) is 47.3 Å². The molecule has 36 heavy (non-hydrogen) atoms. The van der Waals surface area contributed by atoms with Crippen molar-refractivity contribution < 1.29 is 27.5 Å². The number of carbonyl (C=O) groups excluding carboxylic acids is 2. The van der Waals surface area contributed by atoms with E-state index in [0.717, 1.165) is 6.20 Å². The number of nitrogens with one attached hydrogen (secondary N) is 3. The summed E-state index contributed by atoms with van der Waals surface area (Å²) < 4.78 is 51.2. The molecule has 2 aliphatic heterocycles. The molecule has 4 heterocycles. The van der Waals surface area contributed by atoms with Gasteiger partial charge in [-0.25, -0.2) is 18.2 Å². The Hall–Kier alpha value is -3.78. The van der Waals surface area contributed by atoms with Crippen LogP contribution in [-0.4, -0.2) is 57.0 Å². The molecule has 5 rings (SSSR count). The third-order valence-corrected chi connectivity index (χ3v) is 6.87. The summed E-state index contributed by atoms with van der Waals surface area (Å²) in [7, 11) is 1.62. The van der Waals surface area contributed by atoms with Crippen LogP contribution in [0.25, 0.3) is 0 Å². The number of benzene rings is 1. The summed E-state index contributed by atoms with van der Waals surface area (Å²) in [5.74, 6) is -5.36. The standard InChI is InChI=1S/C22H19F3N6O4S/c1-30-8-16-20(19(30)21(33)28-11-2-12(23)18(25)13(24)3-11)35-9-10-6-31(7-15(10)29-36-16)22(34)14-4-27-17(32)5-26-14/h2-5,8,10,15,29H,6-7,9H2,1H3,(H,27,32)(H,28,33)/t10-,15-/m1/s1. The number of fused-ring (bicyclic) bond motifs is 2. The van der Waals surface area contributed by atoms with Crippen molar-refractivity contribution in [2.24, 2.45) is 13.0 Å². The average Bonchev–Trinajstić information content (AvgIpc) is 3.37. The van der Waals surface area contributed by atoms with Crippen molar-refractivity contribution >= 4 is 29.4 Å². The molecule has 0 spiro atoms. The Kier molecular flexibility index (Phi) is 6.22. The summed E-state index contributed by atoms with van der Waals surface area (Å²) >= 11 is 1.23. The first-order valence-corrected chi connectivity index (χ1v) is 11.6. The van der Waals surface area contributed by atoms with Crippen LogP contribution in [0.15, 0.2) is 40.4 Å². The number of likely N-dealkylation sites (tertiary alicyclic amines) is 1. The van der Waals surface area contributed by atoms with E-state index in [0.29, 0.717) is 30.1 Å². The zero-order valence-corrected chi connectivity index (χ0v) is 19.5. The second kappa shape index (κ2) is 9.35. The molecule has 2 aliphatic rings. The number of aryl methyl sites for hydroxylation is 1. The van der Waals surface area contributed by atoms with Gasteiger partial charge in [0.15, 0.2) is 28.9 Å². The van der Waals surface area contributed by atoms with E-state index >= 15 is 0 Å². The highest BCUT2D eigenvalue weighted by molar-refractivity contribution is 7.97. The van der Waals surface area contributed by atoms with E-state index in [9.17, 15) is 27.6 Å². The molecule has 1 aromatic carbocycles. The summed E-state index contributed by atoms with van der Waals surface area (Å²) in [5.41, 5.74) is -0.433. The van der Waals surface area contributed by atoms with Crippen LogP contribution in [0.2, 0.25) is 0 Å². The zero-order chi connectivity index (χ0) is 25.6. The van der Waals surface area contributed by atoms with Crippen LogP contribution in [0.1, 0.15) is 21.0 Å². The highest BCUT2D eigenvalue weighted by Crippen LogP contribution is 2.37. The van der Waals surface area contributed by atoms with E-state index < -0.39 is 28.9 Å². The van der Waals surface area contributed by atoms with Crippen molar-refractivity contribution in [3.05, 3.63) is 69.9 Å². The summed E-state index contributed by atoms with van der Waals surface area (Å²) in [5, 5.41) is 2.37. The van der Waals surface area contributed by atoms with Gasteiger partial charge in [-0.15, -0.1) is 0 Å².